The average molecular weight is 251 g/mol. The first-order chi connectivity index (χ1) is 8.52. The highest BCUT2D eigenvalue weighted by atomic mass is 16.3. The Balaban J connectivity index is 1.98. The van der Waals surface area contributed by atoms with Gasteiger partial charge in [0.2, 0.25) is 0 Å². The molecule has 0 aliphatic heterocycles. The zero-order valence-electron chi connectivity index (χ0n) is 11.5. The van der Waals surface area contributed by atoms with Gasteiger partial charge in [0.25, 0.3) is 0 Å². The molecular weight excluding hydrogens is 226 g/mol. The quantitative estimate of drug-likeness (QED) is 0.860. The van der Waals surface area contributed by atoms with E-state index in [0.29, 0.717) is 6.04 Å². The zero-order valence-corrected chi connectivity index (χ0v) is 11.5. The van der Waals surface area contributed by atoms with Gasteiger partial charge in [0.15, 0.2) is 0 Å². The Morgan fingerprint density at radius 3 is 2.83 bits per heavy atom. The van der Waals surface area contributed by atoms with Crippen molar-refractivity contribution >= 4 is 0 Å². The predicted octanol–water partition coefficient (Wildman–Crippen LogP) is 2.03. The van der Waals surface area contributed by atoms with Crippen molar-refractivity contribution in [1.82, 2.24) is 9.78 Å². The van der Waals surface area contributed by atoms with Crippen LogP contribution in [0.2, 0.25) is 0 Å². The van der Waals surface area contributed by atoms with Gasteiger partial charge in [0.1, 0.15) is 0 Å². The van der Waals surface area contributed by atoms with Crippen molar-refractivity contribution in [3.8, 4) is 0 Å². The predicted molar refractivity (Wildman–Crippen MR) is 72.3 cm³/mol. The van der Waals surface area contributed by atoms with Crippen molar-refractivity contribution in [3.63, 3.8) is 0 Å². The van der Waals surface area contributed by atoms with Crippen LogP contribution in [0.3, 0.4) is 0 Å². The van der Waals surface area contributed by atoms with Crippen molar-refractivity contribution in [2.45, 2.75) is 70.1 Å². The summed E-state index contributed by atoms with van der Waals surface area (Å²) in [6.45, 7) is 4.34. The topological polar surface area (TPSA) is 64.1 Å². The van der Waals surface area contributed by atoms with Gasteiger partial charge in [-0.2, -0.15) is 5.10 Å². The monoisotopic (exact) mass is 251 g/mol. The van der Waals surface area contributed by atoms with Gasteiger partial charge in [-0.3, -0.25) is 4.68 Å². The maximum absolute atomic E-state index is 9.54. The number of aromatic nitrogens is 2. The number of nitrogens with zero attached hydrogens (tertiary/aromatic N) is 2. The Hall–Kier alpha value is -0.870. The fourth-order valence-corrected chi connectivity index (χ4v) is 2.62. The molecule has 0 amide bonds. The van der Waals surface area contributed by atoms with Crippen LogP contribution in [0, 0.1) is 0 Å². The first kappa shape index (κ1) is 13.6. The Kier molecular flexibility index (Phi) is 4.07. The second-order valence-corrected chi connectivity index (χ2v) is 5.81. The van der Waals surface area contributed by atoms with Crippen LogP contribution < -0.4 is 5.73 Å². The van der Waals surface area contributed by atoms with Crippen LogP contribution in [-0.2, 0) is 6.42 Å². The van der Waals surface area contributed by atoms with Crippen molar-refractivity contribution in [2.24, 2.45) is 5.73 Å². The van der Waals surface area contributed by atoms with Crippen molar-refractivity contribution in [3.05, 3.63) is 18.0 Å². The van der Waals surface area contributed by atoms with Crippen LogP contribution in [0.25, 0.3) is 0 Å². The molecular formula is C14H25N3O. The molecule has 18 heavy (non-hydrogen) atoms. The van der Waals surface area contributed by atoms with Gasteiger partial charge in [-0.15, -0.1) is 0 Å². The Bertz CT molecular complexity index is 380. The van der Waals surface area contributed by atoms with Crippen LogP contribution in [-0.4, -0.2) is 26.5 Å². The van der Waals surface area contributed by atoms with Crippen molar-refractivity contribution in [1.29, 1.82) is 0 Å². The summed E-state index contributed by atoms with van der Waals surface area (Å²) in [5, 5.41) is 14.2. The fraction of sp³-hybridized carbons (Fsp3) is 0.786. The molecule has 1 saturated carbocycles. The minimum atomic E-state index is -0.173. The number of aliphatic hydroxyl groups is 1. The molecule has 4 heteroatoms. The third-order valence-electron chi connectivity index (χ3n) is 4.19. The van der Waals surface area contributed by atoms with Crippen LogP contribution in [0.15, 0.2) is 12.3 Å². The Labute approximate surface area is 109 Å². The summed E-state index contributed by atoms with van der Waals surface area (Å²) in [4.78, 5) is 0. The van der Waals surface area contributed by atoms with E-state index in [4.69, 9.17) is 5.73 Å². The van der Waals surface area contributed by atoms with Gasteiger partial charge in [-0.1, -0.05) is 6.92 Å². The average Bonchev–Trinajstić information content (AvgIpc) is 2.80. The highest BCUT2D eigenvalue weighted by Gasteiger charge is 2.31. The van der Waals surface area contributed by atoms with Crippen LogP contribution in [0.5, 0.6) is 0 Å². The molecule has 1 aromatic heterocycles. The minimum absolute atomic E-state index is 0.153. The lowest BCUT2D eigenvalue weighted by Gasteiger charge is -2.35. The van der Waals surface area contributed by atoms with Crippen molar-refractivity contribution < 1.29 is 5.11 Å². The zero-order chi connectivity index (χ0) is 13.2. The van der Waals surface area contributed by atoms with Gasteiger partial charge < -0.3 is 10.8 Å². The number of nitrogens with two attached hydrogens (primary N) is 1. The molecule has 1 atom stereocenters. The lowest BCUT2D eigenvalue weighted by Crippen LogP contribution is -2.46. The third-order valence-corrected chi connectivity index (χ3v) is 4.19. The van der Waals surface area contributed by atoms with E-state index in [0.717, 1.165) is 44.2 Å². The molecule has 1 aliphatic carbocycles. The maximum Gasteiger partial charge on any atom is 0.0643 e. The fourth-order valence-electron chi connectivity index (χ4n) is 2.62. The maximum atomic E-state index is 9.54. The van der Waals surface area contributed by atoms with E-state index in [-0.39, 0.29) is 11.6 Å². The van der Waals surface area contributed by atoms with Crippen LogP contribution in [0.4, 0.5) is 0 Å². The molecule has 0 saturated heterocycles. The molecule has 1 aliphatic rings. The molecule has 0 bridgehead atoms. The van der Waals surface area contributed by atoms with E-state index in [1.807, 2.05) is 10.9 Å². The molecule has 1 unspecified atom stereocenters. The first-order valence-corrected chi connectivity index (χ1v) is 7.03. The van der Waals surface area contributed by atoms with E-state index in [1.165, 1.54) is 0 Å². The van der Waals surface area contributed by atoms with E-state index in [2.05, 4.69) is 25.0 Å². The summed E-state index contributed by atoms with van der Waals surface area (Å²) in [7, 11) is 0. The Morgan fingerprint density at radius 1 is 1.56 bits per heavy atom. The molecule has 1 aromatic rings. The molecule has 3 N–H and O–H groups in total. The van der Waals surface area contributed by atoms with Gasteiger partial charge in [-0.25, -0.2) is 0 Å². The van der Waals surface area contributed by atoms with Gasteiger partial charge in [0.05, 0.1) is 11.8 Å². The lowest BCUT2D eigenvalue weighted by atomic mass is 9.78. The summed E-state index contributed by atoms with van der Waals surface area (Å²) in [6, 6.07) is 2.52. The van der Waals surface area contributed by atoms with Crippen molar-refractivity contribution in [2.75, 3.05) is 0 Å². The van der Waals surface area contributed by atoms with E-state index < -0.39 is 0 Å². The molecule has 4 nitrogen and oxygen atoms in total. The SMILES string of the molecule is CCC(C)n1ccc(CC2(N)CCC(O)CC2)n1. The summed E-state index contributed by atoms with van der Waals surface area (Å²) < 4.78 is 2.02. The van der Waals surface area contributed by atoms with Crippen LogP contribution >= 0.6 is 0 Å². The first-order valence-electron chi connectivity index (χ1n) is 7.03. The minimum Gasteiger partial charge on any atom is -0.393 e. The third kappa shape index (κ3) is 3.12. The molecule has 2 rings (SSSR count). The van der Waals surface area contributed by atoms with Gasteiger partial charge in [-0.05, 0) is 45.1 Å². The van der Waals surface area contributed by atoms with Gasteiger partial charge >= 0.3 is 0 Å². The number of rotatable bonds is 4. The number of hydrogen-bond acceptors (Lipinski definition) is 3. The second-order valence-electron chi connectivity index (χ2n) is 5.81. The summed E-state index contributed by atoms with van der Waals surface area (Å²) in [5.74, 6) is 0. The second kappa shape index (κ2) is 5.41. The van der Waals surface area contributed by atoms with Gasteiger partial charge in [0, 0.05) is 24.2 Å². The number of hydrogen-bond donors (Lipinski definition) is 2. The molecule has 0 radical (unpaired) electrons. The summed E-state index contributed by atoms with van der Waals surface area (Å²) in [5.41, 5.74) is 7.32. The summed E-state index contributed by atoms with van der Waals surface area (Å²) in [6.07, 6.45) is 7.23. The highest BCUT2D eigenvalue weighted by molar-refractivity contribution is 5.07. The molecule has 1 fully saturated rings. The Morgan fingerprint density at radius 2 is 2.22 bits per heavy atom. The smallest absolute Gasteiger partial charge is 0.0643 e. The number of aliphatic hydroxyl groups excluding tert-OH is 1. The molecule has 0 spiro atoms. The molecule has 102 valence electrons. The largest absolute Gasteiger partial charge is 0.393 e. The molecule has 0 aromatic carbocycles. The summed E-state index contributed by atoms with van der Waals surface area (Å²) >= 11 is 0. The lowest BCUT2D eigenvalue weighted by molar-refractivity contribution is 0.0969. The van der Waals surface area contributed by atoms with E-state index in [9.17, 15) is 5.11 Å². The van der Waals surface area contributed by atoms with Crippen LogP contribution in [0.1, 0.15) is 57.7 Å². The van der Waals surface area contributed by atoms with E-state index >= 15 is 0 Å². The standard InChI is InChI=1S/C14H25N3O/c1-3-11(2)17-9-6-12(16-17)10-14(15)7-4-13(18)5-8-14/h6,9,11,13,18H,3-5,7-8,10,15H2,1-2H3. The highest BCUT2D eigenvalue weighted by Crippen LogP contribution is 2.29. The normalized spacial score (nSPS) is 30.3. The van der Waals surface area contributed by atoms with E-state index in [1.54, 1.807) is 0 Å². The molecule has 1 heterocycles.